The zero-order valence-electron chi connectivity index (χ0n) is 11.2. The van der Waals surface area contributed by atoms with E-state index in [0.717, 1.165) is 34.6 Å². The van der Waals surface area contributed by atoms with Gasteiger partial charge in [-0.2, -0.15) is 0 Å². The molecule has 1 unspecified atom stereocenters. The molecular formula is C15H20ClNO. The highest BCUT2D eigenvalue weighted by atomic mass is 35.5. The predicted molar refractivity (Wildman–Crippen MR) is 77.1 cm³/mol. The molecule has 2 rings (SSSR count). The van der Waals surface area contributed by atoms with Crippen molar-refractivity contribution < 1.29 is 4.42 Å². The maximum atomic E-state index is 6.00. The van der Waals surface area contributed by atoms with Crippen LogP contribution < -0.4 is 5.32 Å². The number of nitrogens with one attached hydrogen (secondary N) is 1. The molecule has 2 nitrogen and oxygen atoms in total. The van der Waals surface area contributed by atoms with E-state index in [1.165, 1.54) is 0 Å². The van der Waals surface area contributed by atoms with Crippen LogP contribution in [0.5, 0.6) is 0 Å². The van der Waals surface area contributed by atoms with Crippen molar-refractivity contribution in [2.45, 2.75) is 32.7 Å². The number of furan rings is 1. The average Bonchev–Trinajstić information content (AvgIpc) is 2.78. The fourth-order valence-corrected chi connectivity index (χ4v) is 2.74. The van der Waals surface area contributed by atoms with Gasteiger partial charge in [-0.1, -0.05) is 38.3 Å². The van der Waals surface area contributed by atoms with Gasteiger partial charge in [0.25, 0.3) is 0 Å². The van der Waals surface area contributed by atoms with Crippen LogP contribution in [0.25, 0.3) is 11.0 Å². The molecule has 18 heavy (non-hydrogen) atoms. The van der Waals surface area contributed by atoms with Gasteiger partial charge in [-0.15, -0.1) is 0 Å². The summed E-state index contributed by atoms with van der Waals surface area (Å²) in [7, 11) is 1.99. The van der Waals surface area contributed by atoms with E-state index < -0.39 is 0 Å². The Morgan fingerprint density at radius 2 is 1.94 bits per heavy atom. The van der Waals surface area contributed by atoms with E-state index >= 15 is 0 Å². The first-order chi connectivity index (χ1) is 8.69. The van der Waals surface area contributed by atoms with Crippen molar-refractivity contribution in [2.75, 3.05) is 7.05 Å². The molecule has 0 aliphatic rings. The Balaban J connectivity index is 2.39. The lowest BCUT2D eigenvalue weighted by atomic mass is 9.92. The van der Waals surface area contributed by atoms with Gasteiger partial charge in [0.15, 0.2) is 0 Å². The van der Waals surface area contributed by atoms with E-state index in [9.17, 15) is 0 Å². The highest BCUT2D eigenvalue weighted by Crippen LogP contribution is 2.32. The van der Waals surface area contributed by atoms with Gasteiger partial charge in [-0.05, 0) is 37.2 Å². The molecule has 1 aromatic carbocycles. The summed E-state index contributed by atoms with van der Waals surface area (Å²) in [6.45, 7) is 4.44. The average molecular weight is 266 g/mol. The van der Waals surface area contributed by atoms with Crippen molar-refractivity contribution in [3.8, 4) is 0 Å². The van der Waals surface area contributed by atoms with Crippen LogP contribution in [0.15, 0.2) is 28.7 Å². The number of fused-ring (bicyclic) bond motifs is 1. The summed E-state index contributed by atoms with van der Waals surface area (Å²) in [5.74, 6) is 1.59. The minimum Gasteiger partial charge on any atom is -0.459 e. The van der Waals surface area contributed by atoms with Crippen molar-refractivity contribution >= 4 is 22.6 Å². The first-order valence-corrected chi connectivity index (χ1v) is 6.93. The maximum Gasteiger partial charge on any atom is 0.134 e. The molecule has 1 atom stereocenters. The first-order valence-electron chi connectivity index (χ1n) is 6.55. The van der Waals surface area contributed by atoms with E-state index in [2.05, 4.69) is 25.2 Å². The molecule has 0 spiro atoms. The van der Waals surface area contributed by atoms with Crippen LogP contribution in [-0.4, -0.2) is 7.05 Å². The second-order valence-corrected chi connectivity index (χ2v) is 5.11. The highest BCUT2D eigenvalue weighted by molar-refractivity contribution is 6.31. The van der Waals surface area contributed by atoms with Gasteiger partial charge in [0.2, 0.25) is 0 Å². The molecule has 0 fully saturated rings. The monoisotopic (exact) mass is 265 g/mol. The summed E-state index contributed by atoms with van der Waals surface area (Å²) >= 11 is 6.00. The molecule has 0 aliphatic carbocycles. The summed E-state index contributed by atoms with van der Waals surface area (Å²) in [6.07, 6.45) is 2.28. The SMILES string of the molecule is CCC(CC)C(NC)c1cc2cc(Cl)ccc2o1. The predicted octanol–water partition coefficient (Wildman–Crippen LogP) is 4.78. The Morgan fingerprint density at radius 3 is 2.56 bits per heavy atom. The van der Waals surface area contributed by atoms with Crippen LogP contribution in [0.3, 0.4) is 0 Å². The number of benzene rings is 1. The van der Waals surface area contributed by atoms with Crippen LogP contribution >= 0.6 is 11.6 Å². The second-order valence-electron chi connectivity index (χ2n) is 4.67. The largest absolute Gasteiger partial charge is 0.459 e. The Kier molecular flexibility index (Phi) is 4.31. The van der Waals surface area contributed by atoms with E-state index in [-0.39, 0.29) is 6.04 Å². The molecule has 0 radical (unpaired) electrons. The number of hydrogen-bond donors (Lipinski definition) is 1. The van der Waals surface area contributed by atoms with Crippen molar-refractivity contribution in [3.05, 3.63) is 35.0 Å². The molecule has 98 valence electrons. The molecule has 1 N–H and O–H groups in total. The van der Waals surface area contributed by atoms with Crippen LogP contribution in [-0.2, 0) is 0 Å². The molecule has 2 aromatic rings. The lowest BCUT2D eigenvalue weighted by Gasteiger charge is -2.22. The molecule has 1 aromatic heterocycles. The minimum absolute atomic E-state index is 0.270. The zero-order valence-corrected chi connectivity index (χ0v) is 11.9. The fraction of sp³-hybridized carbons (Fsp3) is 0.467. The van der Waals surface area contributed by atoms with Crippen LogP contribution in [0, 0.1) is 5.92 Å². The summed E-state index contributed by atoms with van der Waals surface area (Å²) in [4.78, 5) is 0. The Labute approximate surface area is 113 Å². The Bertz CT molecular complexity index is 516. The van der Waals surface area contributed by atoms with Crippen LogP contribution in [0.4, 0.5) is 0 Å². The molecule has 0 amide bonds. The van der Waals surface area contributed by atoms with Gasteiger partial charge in [0.1, 0.15) is 11.3 Å². The van der Waals surface area contributed by atoms with Crippen LogP contribution in [0.1, 0.15) is 38.5 Å². The second kappa shape index (κ2) is 5.77. The summed E-state index contributed by atoms with van der Waals surface area (Å²) in [6, 6.07) is 8.11. The van der Waals surface area contributed by atoms with Crippen molar-refractivity contribution in [3.63, 3.8) is 0 Å². The smallest absolute Gasteiger partial charge is 0.134 e. The normalized spacial score (nSPS) is 13.4. The quantitative estimate of drug-likeness (QED) is 0.841. The highest BCUT2D eigenvalue weighted by Gasteiger charge is 2.22. The van der Waals surface area contributed by atoms with Crippen LogP contribution in [0.2, 0.25) is 5.02 Å². The van der Waals surface area contributed by atoms with Crippen molar-refractivity contribution in [2.24, 2.45) is 5.92 Å². The Morgan fingerprint density at radius 1 is 1.22 bits per heavy atom. The summed E-state index contributed by atoms with van der Waals surface area (Å²) < 4.78 is 5.94. The third-order valence-corrected chi connectivity index (χ3v) is 3.87. The first kappa shape index (κ1) is 13.4. The maximum absolute atomic E-state index is 6.00. The fourth-order valence-electron chi connectivity index (χ4n) is 2.56. The van der Waals surface area contributed by atoms with Gasteiger partial charge in [0, 0.05) is 10.4 Å². The topological polar surface area (TPSA) is 25.2 Å². The third kappa shape index (κ3) is 2.55. The third-order valence-electron chi connectivity index (χ3n) is 3.64. The van der Waals surface area contributed by atoms with Gasteiger partial charge in [-0.25, -0.2) is 0 Å². The molecular weight excluding hydrogens is 246 g/mol. The van der Waals surface area contributed by atoms with Crippen molar-refractivity contribution in [1.82, 2.24) is 5.32 Å². The lowest BCUT2D eigenvalue weighted by Crippen LogP contribution is -2.24. The molecule has 1 heterocycles. The van der Waals surface area contributed by atoms with E-state index in [4.69, 9.17) is 16.0 Å². The van der Waals surface area contributed by atoms with E-state index in [0.29, 0.717) is 5.92 Å². The van der Waals surface area contributed by atoms with E-state index in [1.54, 1.807) is 0 Å². The summed E-state index contributed by atoms with van der Waals surface area (Å²) in [5, 5.41) is 5.19. The number of halogens is 1. The lowest BCUT2D eigenvalue weighted by molar-refractivity contribution is 0.315. The van der Waals surface area contributed by atoms with Gasteiger partial charge < -0.3 is 9.73 Å². The zero-order chi connectivity index (χ0) is 13.1. The number of rotatable bonds is 5. The standard InChI is InChI=1S/C15H20ClNO/c1-4-10(5-2)15(17-3)14-9-11-8-12(16)6-7-13(11)18-14/h6-10,15,17H,4-5H2,1-3H3. The molecule has 3 heteroatoms. The molecule has 0 saturated carbocycles. The Hall–Kier alpha value is -0.990. The van der Waals surface area contributed by atoms with Crippen molar-refractivity contribution in [1.29, 1.82) is 0 Å². The minimum atomic E-state index is 0.270. The van der Waals surface area contributed by atoms with E-state index in [1.807, 2.05) is 25.2 Å². The number of hydrogen-bond acceptors (Lipinski definition) is 2. The molecule has 0 saturated heterocycles. The van der Waals surface area contributed by atoms with Gasteiger partial charge >= 0.3 is 0 Å². The van der Waals surface area contributed by atoms with Gasteiger partial charge in [0.05, 0.1) is 6.04 Å². The molecule has 0 aliphatic heterocycles. The summed E-state index contributed by atoms with van der Waals surface area (Å²) in [5.41, 5.74) is 0.903. The molecule has 0 bridgehead atoms. The van der Waals surface area contributed by atoms with Gasteiger partial charge in [-0.3, -0.25) is 0 Å².